The van der Waals surface area contributed by atoms with Crippen LogP contribution in [0.1, 0.15) is 30.4 Å². The summed E-state index contributed by atoms with van der Waals surface area (Å²) in [6, 6.07) is 6.36. The average molecular weight is 514 g/mol. The standard InChI is InChI=1S/C23H24BrN5O2S/c1-14-19(24)21-22(32-14)20(26-23(27-21)28-8-11-30-12-9-28)15-5-4-6-17-16(15)13-25-29(17)18-7-2-3-10-31-18/h4-6,13,18H,2-3,7-12H2,1H3. The van der Waals surface area contributed by atoms with Crippen molar-refractivity contribution in [2.24, 2.45) is 0 Å². The molecule has 0 amide bonds. The molecule has 6 rings (SSSR count). The number of hydrogen-bond donors (Lipinski definition) is 0. The Kier molecular flexibility index (Phi) is 5.37. The van der Waals surface area contributed by atoms with Gasteiger partial charge in [0.2, 0.25) is 5.95 Å². The molecule has 2 fully saturated rings. The molecule has 2 aliphatic rings. The van der Waals surface area contributed by atoms with E-state index in [9.17, 15) is 0 Å². The van der Waals surface area contributed by atoms with Crippen molar-refractivity contribution in [3.05, 3.63) is 33.7 Å². The van der Waals surface area contributed by atoms with E-state index in [1.807, 2.05) is 10.9 Å². The lowest BCUT2D eigenvalue weighted by Gasteiger charge is -2.27. The number of thiophene rings is 1. The molecule has 0 saturated carbocycles. The highest BCUT2D eigenvalue weighted by Crippen LogP contribution is 2.42. The summed E-state index contributed by atoms with van der Waals surface area (Å²) < 4.78 is 15.7. The zero-order chi connectivity index (χ0) is 21.7. The summed E-state index contributed by atoms with van der Waals surface area (Å²) in [5.74, 6) is 0.759. The van der Waals surface area contributed by atoms with Crippen molar-refractivity contribution in [3.8, 4) is 11.3 Å². The highest BCUT2D eigenvalue weighted by Gasteiger charge is 2.24. The summed E-state index contributed by atoms with van der Waals surface area (Å²) in [5.41, 5.74) is 4.10. The first kappa shape index (κ1) is 20.5. The minimum Gasteiger partial charge on any atom is -0.378 e. The first-order valence-electron chi connectivity index (χ1n) is 11.1. The van der Waals surface area contributed by atoms with E-state index in [1.165, 1.54) is 11.3 Å². The lowest BCUT2D eigenvalue weighted by Crippen LogP contribution is -2.37. The van der Waals surface area contributed by atoms with Gasteiger partial charge in [-0.25, -0.2) is 14.6 Å². The van der Waals surface area contributed by atoms with Gasteiger partial charge in [0, 0.05) is 35.5 Å². The van der Waals surface area contributed by atoms with Gasteiger partial charge in [0.25, 0.3) is 0 Å². The van der Waals surface area contributed by atoms with Crippen molar-refractivity contribution in [3.63, 3.8) is 0 Å². The lowest BCUT2D eigenvalue weighted by atomic mass is 10.1. The molecule has 2 saturated heterocycles. The van der Waals surface area contributed by atoms with Crippen LogP contribution in [0.4, 0.5) is 5.95 Å². The van der Waals surface area contributed by atoms with Crippen LogP contribution in [0.3, 0.4) is 0 Å². The summed E-state index contributed by atoms with van der Waals surface area (Å²) in [7, 11) is 0. The molecule has 0 aliphatic carbocycles. The molecule has 0 spiro atoms. The van der Waals surface area contributed by atoms with Crippen molar-refractivity contribution >= 4 is 54.3 Å². The van der Waals surface area contributed by atoms with E-state index >= 15 is 0 Å². The van der Waals surface area contributed by atoms with Gasteiger partial charge in [0.15, 0.2) is 6.23 Å². The number of ether oxygens (including phenoxy) is 2. The van der Waals surface area contributed by atoms with Crippen LogP contribution in [0.5, 0.6) is 0 Å². The Morgan fingerprint density at radius 3 is 2.81 bits per heavy atom. The summed E-state index contributed by atoms with van der Waals surface area (Å²) in [6.45, 7) is 5.91. The van der Waals surface area contributed by atoms with Gasteiger partial charge in [0.05, 0.1) is 39.8 Å². The summed E-state index contributed by atoms with van der Waals surface area (Å²) in [5, 5.41) is 5.83. The number of aromatic nitrogens is 4. The Morgan fingerprint density at radius 1 is 1.12 bits per heavy atom. The van der Waals surface area contributed by atoms with E-state index < -0.39 is 0 Å². The number of benzene rings is 1. The predicted octanol–water partition coefficient (Wildman–Crippen LogP) is 5.31. The number of halogens is 1. The highest BCUT2D eigenvalue weighted by molar-refractivity contribution is 9.10. The monoisotopic (exact) mass is 513 g/mol. The van der Waals surface area contributed by atoms with E-state index in [2.05, 4.69) is 46.0 Å². The van der Waals surface area contributed by atoms with Gasteiger partial charge in [0.1, 0.15) is 5.52 Å². The molecule has 0 N–H and O–H groups in total. The van der Waals surface area contributed by atoms with E-state index in [-0.39, 0.29) is 6.23 Å². The number of rotatable bonds is 3. The molecule has 7 nitrogen and oxygen atoms in total. The second-order valence-electron chi connectivity index (χ2n) is 8.27. The number of fused-ring (bicyclic) bond motifs is 2. The fraction of sp³-hybridized carbons (Fsp3) is 0.435. The SMILES string of the molecule is Cc1sc2c(-c3cccc4c3cnn4C3CCCCO3)nc(N3CCOCC3)nc2c1Br. The highest BCUT2D eigenvalue weighted by atomic mass is 79.9. The van der Waals surface area contributed by atoms with Crippen LogP contribution < -0.4 is 4.90 Å². The minimum absolute atomic E-state index is 0.00366. The molecule has 3 aromatic heterocycles. The normalized spacial score (nSPS) is 19.8. The zero-order valence-corrected chi connectivity index (χ0v) is 20.3. The molecule has 9 heteroatoms. The van der Waals surface area contributed by atoms with Crippen molar-refractivity contribution < 1.29 is 9.47 Å². The van der Waals surface area contributed by atoms with E-state index in [0.29, 0.717) is 13.2 Å². The second kappa shape index (κ2) is 8.37. The molecule has 1 aromatic carbocycles. The van der Waals surface area contributed by atoms with Crippen LogP contribution in [-0.2, 0) is 9.47 Å². The van der Waals surface area contributed by atoms with Crippen molar-refractivity contribution in [2.75, 3.05) is 37.8 Å². The van der Waals surface area contributed by atoms with Crippen LogP contribution in [0.15, 0.2) is 28.9 Å². The number of nitrogens with zero attached hydrogens (tertiary/aromatic N) is 5. The third kappa shape index (κ3) is 3.42. The first-order chi connectivity index (χ1) is 15.7. The van der Waals surface area contributed by atoms with E-state index in [4.69, 9.17) is 24.5 Å². The first-order valence-corrected chi connectivity index (χ1v) is 12.7. The Labute approximate surface area is 198 Å². The molecule has 166 valence electrons. The Balaban J connectivity index is 1.54. The number of anilines is 1. The molecule has 0 radical (unpaired) electrons. The Bertz CT molecular complexity index is 1290. The fourth-order valence-electron chi connectivity index (χ4n) is 4.56. The zero-order valence-electron chi connectivity index (χ0n) is 17.9. The lowest BCUT2D eigenvalue weighted by molar-refractivity contribution is -0.0366. The van der Waals surface area contributed by atoms with Crippen molar-refractivity contribution in [2.45, 2.75) is 32.4 Å². The van der Waals surface area contributed by atoms with Crippen LogP contribution >= 0.6 is 27.3 Å². The molecule has 2 aliphatic heterocycles. The molecular formula is C23H24BrN5O2S. The molecule has 5 heterocycles. The molecule has 4 aromatic rings. The summed E-state index contributed by atoms with van der Waals surface area (Å²) >= 11 is 5.50. The fourth-order valence-corrected chi connectivity index (χ4v) is 6.21. The summed E-state index contributed by atoms with van der Waals surface area (Å²) in [4.78, 5) is 13.5. The van der Waals surface area contributed by atoms with Gasteiger partial charge in [-0.2, -0.15) is 5.10 Å². The Morgan fingerprint density at radius 2 is 2.00 bits per heavy atom. The molecular weight excluding hydrogens is 490 g/mol. The van der Waals surface area contributed by atoms with Gasteiger partial charge in [-0.15, -0.1) is 11.3 Å². The van der Waals surface area contributed by atoms with Gasteiger partial charge in [-0.3, -0.25) is 0 Å². The smallest absolute Gasteiger partial charge is 0.226 e. The molecule has 1 atom stereocenters. The van der Waals surface area contributed by atoms with Crippen LogP contribution in [0, 0.1) is 6.92 Å². The van der Waals surface area contributed by atoms with Gasteiger partial charge < -0.3 is 14.4 Å². The quantitative estimate of drug-likeness (QED) is 0.369. The number of morpholine rings is 1. The van der Waals surface area contributed by atoms with Crippen LogP contribution in [0.2, 0.25) is 0 Å². The maximum absolute atomic E-state index is 6.02. The molecule has 0 bridgehead atoms. The van der Waals surface area contributed by atoms with E-state index in [1.54, 1.807) is 11.3 Å². The average Bonchev–Trinajstić information content (AvgIpc) is 3.41. The predicted molar refractivity (Wildman–Crippen MR) is 130 cm³/mol. The number of hydrogen-bond acceptors (Lipinski definition) is 7. The van der Waals surface area contributed by atoms with Gasteiger partial charge in [-0.05, 0) is 48.2 Å². The molecule has 32 heavy (non-hydrogen) atoms. The molecule has 1 unspecified atom stereocenters. The van der Waals surface area contributed by atoms with E-state index in [0.717, 1.165) is 75.3 Å². The van der Waals surface area contributed by atoms with Gasteiger partial charge in [-0.1, -0.05) is 12.1 Å². The van der Waals surface area contributed by atoms with Gasteiger partial charge >= 0.3 is 0 Å². The maximum atomic E-state index is 6.02. The van der Waals surface area contributed by atoms with Crippen LogP contribution in [-0.4, -0.2) is 52.7 Å². The third-order valence-corrected chi connectivity index (χ3v) is 8.58. The van der Waals surface area contributed by atoms with Crippen molar-refractivity contribution in [1.29, 1.82) is 0 Å². The second-order valence-corrected chi connectivity index (χ2v) is 10.3. The maximum Gasteiger partial charge on any atom is 0.226 e. The topological polar surface area (TPSA) is 65.3 Å². The van der Waals surface area contributed by atoms with Crippen LogP contribution in [0.25, 0.3) is 32.4 Å². The minimum atomic E-state index is 0.00366. The Hall–Kier alpha value is -2.07. The third-order valence-electron chi connectivity index (χ3n) is 6.24. The number of aryl methyl sites for hydroxylation is 1. The summed E-state index contributed by atoms with van der Waals surface area (Å²) in [6.07, 6.45) is 5.25. The van der Waals surface area contributed by atoms with Crippen molar-refractivity contribution in [1.82, 2.24) is 19.7 Å². The largest absolute Gasteiger partial charge is 0.378 e.